The van der Waals surface area contributed by atoms with Crippen molar-refractivity contribution < 1.29 is 28.6 Å². The van der Waals surface area contributed by atoms with Crippen LogP contribution in [-0.4, -0.2) is 37.2 Å². The fraction of sp³-hybridized carbons (Fsp3) is 0.677. The lowest BCUT2D eigenvalue weighted by Crippen LogP contribution is -2.30. The Morgan fingerprint density at radius 2 is 0.535 bits per heavy atom. The molecule has 0 fully saturated rings. The number of hydrogen-bond donors (Lipinski definition) is 0. The van der Waals surface area contributed by atoms with Crippen LogP contribution in [-0.2, 0) is 28.6 Å². The van der Waals surface area contributed by atoms with Gasteiger partial charge < -0.3 is 14.2 Å². The van der Waals surface area contributed by atoms with Crippen molar-refractivity contribution in [2.45, 2.75) is 271 Å². The molecule has 0 aliphatic rings. The summed E-state index contributed by atoms with van der Waals surface area (Å²) in [5.41, 5.74) is 0. The van der Waals surface area contributed by atoms with E-state index < -0.39 is 12.1 Å². The molecule has 0 saturated carbocycles. The third-order valence-electron chi connectivity index (χ3n) is 12.3. The second-order valence-electron chi connectivity index (χ2n) is 19.2. The predicted molar refractivity (Wildman–Crippen MR) is 307 cm³/mol. The molecular formula is C65H108O6. The van der Waals surface area contributed by atoms with Gasteiger partial charge in [0.1, 0.15) is 13.2 Å². The molecule has 0 bridgehead atoms. The van der Waals surface area contributed by atoms with E-state index in [1.54, 1.807) is 0 Å². The monoisotopic (exact) mass is 985 g/mol. The number of hydrogen-bond acceptors (Lipinski definition) is 6. The smallest absolute Gasteiger partial charge is 0.306 e. The minimum atomic E-state index is -0.832. The summed E-state index contributed by atoms with van der Waals surface area (Å²) < 4.78 is 16.8. The van der Waals surface area contributed by atoms with E-state index in [9.17, 15) is 14.4 Å². The van der Waals surface area contributed by atoms with Gasteiger partial charge in [0, 0.05) is 19.3 Å². The lowest BCUT2D eigenvalue weighted by molar-refractivity contribution is -0.166. The summed E-state index contributed by atoms with van der Waals surface area (Å²) in [4.78, 5) is 38.2. The molecule has 1 atom stereocenters. The standard InChI is InChI=1S/C65H108O6/c1-4-7-10-13-16-19-22-25-28-30-32-34-37-40-43-46-49-52-55-58-64(67)70-61-62(60-69-63(66)57-54-51-48-45-42-39-36-27-24-21-18-15-12-9-6-3)71-65(68)59-56-53-50-47-44-41-38-35-33-31-29-26-23-20-17-14-11-8-5-2/h16-17,19-20,25-26,28-29,32-35,40-41,43-44,50,53,62H,4-15,18,21-24,27,30-31,36-39,42,45-49,51-52,54-61H2,1-3H3/b19-16-,20-17-,28-25-,29-26-,34-32-,35-33-,43-40-,44-41-,53-50-/t62-/m0/s1. The average molecular weight is 986 g/mol. The zero-order chi connectivity index (χ0) is 51.4. The SMILES string of the molecule is CCCCC/C=C\C/C=C\C/C=C\C/C=C\C/C=C\CCC(=O)O[C@H](COC(=O)CCCCC/C=C\C/C=C\C/C=C\C/C=C\CCCCC)COC(=O)CCCCCCCCCCCCCCCCC. The molecule has 6 nitrogen and oxygen atoms in total. The maximum absolute atomic E-state index is 12.8. The van der Waals surface area contributed by atoms with Crippen molar-refractivity contribution in [1.29, 1.82) is 0 Å². The lowest BCUT2D eigenvalue weighted by Gasteiger charge is -2.18. The van der Waals surface area contributed by atoms with E-state index in [-0.39, 0.29) is 31.6 Å². The first-order chi connectivity index (χ1) is 35.0. The summed E-state index contributed by atoms with van der Waals surface area (Å²) >= 11 is 0. The highest BCUT2D eigenvalue weighted by Crippen LogP contribution is 2.15. The molecule has 0 N–H and O–H groups in total. The second kappa shape index (κ2) is 58.6. The zero-order valence-corrected chi connectivity index (χ0v) is 46.2. The first kappa shape index (κ1) is 67.1. The van der Waals surface area contributed by atoms with E-state index in [0.29, 0.717) is 19.3 Å². The van der Waals surface area contributed by atoms with E-state index in [1.807, 2.05) is 6.08 Å². The largest absolute Gasteiger partial charge is 0.462 e. The third kappa shape index (κ3) is 56.9. The van der Waals surface area contributed by atoms with Gasteiger partial charge in [-0.3, -0.25) is 14.4 Å². The van der Waals surface area contributed by atoms with Gasteiger partial charge in [0.05, 0.1) is 0 Å². The molecule has 0 amide bonds. The topological polar surface area (TPSA) is 78.9 Å². The van der Waals surface area contributed by atoms with Gasteiger partial charge in [0.15, 0.2) is 6.10 Å². The fourth-order valence-corrected chi connectivity index (χ4v) is 7.82. The molecule has 0 aromatic heterocycles. The first-order valence-corrected chi connectivity index (χ1v) is 29.4. The Balaban J connectivity index is 4.56. The second-order valence-corrected chi connectivity index (χ2v) is 19.2. The number of ether oxygens (including phenoxy) is 3. The Labute approximate surface area is 438 Å². The average Bonchev–Trinajstić information content (AvgIpc) is 3.37. The van der Waals surface area contributed by atoms with E-state index >= 15 is 0 Å². The lowest BCUT2D eigenvalue weighted by atomic mass is 10.0. The molecule has 0 rings (SSSR count). The van der Waals surface area contributed by atoms with Crippen LogP contribution in [0, 0.1) is 0 Å². The molecule has 0 aromatic carbocycles. The molecular weight excluding hydrogens is 877 g/mol. The summed E-state index contributed by atoms with van der Waals surface area (Å²) in [7, 11) is 0. The van der Waals surface area contributed by atoms with Crippen LogP contribution in [0.15, 0.2) is 109 Å². The number of allylic oxidation sites excluding steroid dienone is 18. The van der Waals surface area contributed by atoms with E-state index in [1.165, 1.54) is 128 Å². The highest BCUT2D eigenvalue weighted by atomic mass is 16.6. The summed E-state index contributed by atoms with van der Waals surface area (Å²) in [5, 5.41) is 0. The summed E-state index contributed by atoms with van der Waals surface area (Å²) in [5.74, 6) is -1.03. The molecule has 0 aromatic rings. The molecule has 404 valence electrons. The molecule has 0 saturated heterocycles. The van der Waals surface area contributed by atoms with Gasteiger partial charge in [0.25, 0.3) is 0 Å². The predicted octanol–water partition coefficient (Wildman–Crippen LogP) is 19.9. The summed E-state index contributed by atoms with van der Waals surface area (Å²) in [6, 6.07) is 0. The molecule has 0 aliphatic heterocycles. The highest BCUT2D eigenvalue weighted by Gasteiger charge is 2.19. The van der Waals surface area contributed by atoms with Crippen molar-refractivity contribution in [3.8, 4) is 0 Å². The van der Waals surface area contributed by atoms with Crippen LogP contribution in [0.2, 0.25) is 0 Å². The number of carbonyl (C=O) groups is 3. The fourth-order valence-electron chi connectivity index (χ4n) is 7.82. The van der Waals surface area contributed by atoms with Crippen LogP contribution in [0.5, 0.6) is 0 Å². The number of carbonyl (C=O) groups excluding carboxylic acids is 3. The third-order valence-corrected chi connectivity index (χ3v) is 12.3. The molecule has 0 unspecified atom stereocenters. The quantitative estimate of drug-likeness (QED) is 0.0261. The van der Waals surface area contributed by atoms with Crippen LogP contribution < -0.4 is 0 Å². The van der Waals surface area contributed by atoms with Crippen LogP contribution in [0.1, 0.15) is 265 Å². The molecule has 0 spiro atoms. The van der Waals surface area contributed by atoms with Gasteiger partial charge in [-0.2, -0.15) is 0 Å². The highest BCUT2D eigenvalue weighted by molar-refractivity contribution is 5.71. The van der Waals surface area contributed by atoms with Crippen LogP contribution >= 0.6 is 0 Å². The Bertz CT molecular complexity index is 1460. The van der Waals surface area contributed by atoms with Crippen molar-refractivity contribution >= 4 is 17.9 Å². The van der Waals surface area contributed by atoms with Crippen LogP contribution in [0.3, 0.4) is 0 Å². The molecule has 71 heavy (non-hydrogen) atoms. The van der Waals surface area contributed by atoms with E-state index in [4.69, 9.17) is 14.2 Å². The zero-order valence-electron chi connectivity index (χ0n) is 46.2. The van der Waals surface area contributed by atoms with Crippen molar-refractivity contribution in [2.24, 2.45) is 0 Å². The maximum atomic E-state index is 12.8. The van der Waals surface area contributed by atoms with Gasteiger partial charge in [0.2, 0.25) is 0 Å². The minimum absolute atomic E-state index is 0.117. The van der Waals surface area contributed by atoms with Gasteiger partial charge in [-0.05, 0) is 103 Å². The Kier molecular flexibility index (Phi) is 55.4. The van der Waals surface area contributed by atoms with Gasteiger partial charge >= 0.3 is 17.9 Å². The Morgan fingerprint density at radius 1 is 0.282 bits per heavy atom. The van der Waals surface area contributed by atoms with E-state index in [0.717, 1.165) is 89.9 Å². The van der Waals surface area contributed by atoms with Gasteiger partial charge in [-0.25, -0.2) is 0 Å². The maximum Gasteiger partial charge on any atom is 0.306 e. The molecule has 0 radical (unpaired) electrons. The van der Waals surface area contributed by atoms with E-state index in [2.05, 4.69) is 124 Å². The van der Waals surface area contributed by atoms with Crippen molar-refractivity contribution in [3.05, 3.63) is 109 Å². The molecule has 0 heterocycles. The van der Waals surface area contributed by atoms with Crippen molar-refractivity contribution in [1.82, 2.24) is 0 Å². The Hall–Kier alpha value is -3.93. The Morgan fingerprint density at radius 3 is 0.873 bits per heavy atom. The normalized spacial score (nSPS) is 12.9. The summed E-state index contributed by atoms with van der Waals surface area (Å²) in [6.45, 7) is 6.50. The van der Waals surface area contributed by atoms with Crippen molar-refractivity contribution in [2.75, 3.05) is 13.2 Å². The number of esters is 3. The van der Waals surface area contributed by atoms with Gasteiger partial charge in [-0.1, -0.05) is 252 Å². The molecule has 6 heteroatoms. The van der Waals surface area contributed by atoms with Gasteiger partial charge in [-0.15, -0.1) is 0 Å². The van der Waals surface area contributed by atoms with Crippen LogP contribution in [0.25, 0.3) is 0 Å². The van der Waals surface area contributed by atoms with Crippen LogP contribution in [0.4, 0.5) is 0 Å². The number of rotatable bonds is 52. The van der Waals surface area contributed by atoms with Crippen molar-refractivity contribution in [3.63, 3.8) is 0 Å². The minimum Gasteiger partial charge on any atom is -0.462 e. The number of unbranched alkanes of at least 4 members (excludes halogenated alkanes) is 23. The summed E-state index contributed by atoms with van der Waals surface area (Å²) in [6.07, 6.45) is 79.4. The molecule has 0 aliphatic carbocycles. The first-order valence-electron chi connectivity index (χ1n) is 29.4.